The van der Waals surface area contributed by atoms with Gasteiger partial charge in [0.25, 0.3) is 0 Å². The summed E-state index contributed by atoms with van der Waals surface area (Å²) in [6.07, 6.45) is -2.79. The Morgan fingerprint density at radius 3 is 2.46 bits per heavy atom. The van der Waals surface area contributed by atoms with Crippen molar-refractivity contribution in [2.75, 3.05) is 7.11 Å². The number of methoxy groups -OCH3 is 1. The second kappa shape index (κ2) is 9.61. The number of benzene rings is 2. The Morgan fingerprint density at radius 2 is 1.77 bits per heavy atom. The first-order valence-corrected chi connectivity index (χ1v) is 10.8. The lowest BCUT2D eigenvalue weighted by molar-refractivity contribution is -0.143. The van der Waals surface area contributed by atoms with Gasteiger partial charge in [-0.2, -0.15) is 18.3 Å². The van der Waals surface area contributed by atoms with Crippen molar-refractivity contribution < 1.29 is 27.8 Å². The minimum Gasteiger partial charge on any atom is -0.497 e. The average Bonchev–Trinajstić information content (AvgIpc) is 3.30. The van der Waals surface area contributed by atoms with E-state index in [1.807, 2.05) is 49.4 Å². The molecule has 2 aromatic carbocycles. The largest absolute Gasteiger partial charge is 0.497 e. The first-order chi connectivity index (χ1) is 16.7. The van der Waals surface area contributed by atoms with E-state index in [4.69, 9.17) is 4.74 Å². The van der Waals surface area contributed by atoms with E-state index in [-0.39, 0.29) is 5.82 Å². The summed E-state index contributed by atoms with van der Waals surface area (Å²) in [6.45, 7) is 2.02. The van der Waals surface area contributed by atoms with Crippen LogP contribution < -0.4 is 4.74 Å². The standard InChI is InChI=1S/C26H22F3N3O3/c1-16-14-19(35-2)13-12-17(16)10-11-18-6-3-4-7-20(18)22-8-5-9-23(31-22)32-24(26(27,28)29)21(15-30-32)25(33)34/h3-9,12-15H,10-11H2,1-2H3,(H,33,34). The second-order valence-electron chi connectivity index (χ2n) is 7.95. The average molecular weight is 481 g/mol. The van der Waals surface area contributed by atoms with E-state index in [0.717, 1.165) is 34.4 Å². The van der Waals surface area contributed by atoms with E-state index in [1.165, 1.54) is 6.07 Å². The highest BCUT2D eigenvalue weighted by Gasteiger charge is 2.41. The third-order valence-corrected chi connectivity index (χ3v) is 5.73. The number of nitrogens with zero attached hydrogens (tertiary/aromatic N) is 3. The lowest BCUT2D eigenvalue weighted by Crippen LogP contribution is -2.18. The van der Waals surface area contributed by atoms with Crippen LogP contribution in [0.15, 0.2) is 66.9 Å². The van der Waals surface area contributed by atoms with Crippen LogP contribution in [0.4, 0.5) is 13.2 Å². The summed E-state index contributed by atoms with van der Waals surface area (Å²) in [7, 11) is 1.62. The summed E-state index contributed by atoms with van der Waals surface area (Å²) < 4.78 is 46.8. The van der Waals surface area contributed by atoms with Crippen molar-refractivity contribution in [3.05, 3.63) is 94.8 Å². The number of rotatable bonds is 7. The monoisotopic (exact) mass is 481 g/mol. The molecule has 0 atom stereocenters. The lowest BCUT2D eigenvalue weighted by atomic mass is 9.96. The Bertz CT molecular complexity index is 1380. The molecule has 0 radical (unpaired) electrons. The van der Waals surface area contributed by atoms with Crippen LogP contribution in [-0.2, 0) is 19.0 Å². The zero-order valence-corrected chi connectivity index (χ0v) is 19.0. The van der Waals surface area contributed by atoms with Crippen LogP contribution in [0.3, 0.4) is 0 Å². The molecular weight excluding hydrogens is 459 g/mol. The van der Waals surface area contributed by atoms with Gasteiger partial charge in [-0.05, 0) is 60.7 Å². The van der Waals surface area contributed by atoms with Crippen molar-refractivity contribution in [3.8, 4) is 22.8 Å². The van der Waals surface area contributed by atoms with E-state index in [9.17, 15) is 23.1 Å². The SMILES string of the molecule is COc1ccc(CCc2ccccc2-c2cccc(-n3ncc(C(=O)O)c3C(F)(F)F)n2)c(C)c1. The quantitative estimate of drug-likeness (QED) is 0.364. The number of aromatic carboxylic acids is 1. The number of aromatic nitrogens is 3. The Balaban J connectivity index is 1.69. The summed E-state index contributed by atoms with van der Waals surface area (Å²) in [6, 6.07) is 18.1. The van der Waals surface area contributed by atoms with E-state index >= 15 is 0 Å². The Kier molecular flexibility index (Phi) is 6.59. The topological polar surface area (TPSA) is 77.2 Å². The number of aryl methyl sites for hydroxylation is 3. The molecule has 0 unspecified atom stereocenters. The van der Waals surface area contributed by atoms with Gasteiger partial charge < -0.3 is 9.84 Å². The van der Waals surface area contributed by atoms with Gasteiger partial charge in [0.1, 0.15) is 11.3 Å². The number of ether oxygens (including phenoxy) is 1. The predicted molar refractivity (Wildman–Crippen MR) is 124 cm³/mol. The fourth-order valence-electron chi connectivity index (χ4n) is 3.98. The maximum absolute atomic E-state index is 13.7. The highest BCUT2D eigenvalue weighted by atomic mass is 19.4. The van der Waals surface area contributed by atoms with Crippen LogP contribution in [0.2, 0.25) is 0 Å². The Hall–Kier alpha value is -4.14. The molecule has 0 bridgehead atoms. The van der Waals surface area contributed by atoms with Crippen molar-refractivity contribution in [1.82, 2.24) is 14.8 Å². The molecule has 2 aromatic heterocycles. The highest BCUT2D eigenvalue weighted by molar-refractivity contribution is 5.89. The van der Waals surface area contributed by atoms with Gasteiger partial charge >= 0.3 is 12.1 Å². The van der Waals surface area contributed by atoms with Crippen LogP contribution in [0.5, 0.6) is 5.75 Å². The summed E-state index contributed by atoms with van der Waals surface area (Å²) in [4.78, 5) is 15.7. The molecule has 6 nitrogen and oxygen atoms in total. The fourth-order valence-corrected chi connectivity index (χ4v) is 3.98. The summed E-state index contributed by atoms with van der Waals surface area (Å²) in [5, 5.41) is 12.9. The normalized spacial score (nSPS) is 11.5. The minimum absolute atomic E-state index is 0.122. The van der Waals surface area contributed by atoms with Gasteiger partial charge in [0, 0.05) is 5.56 Å². The molecule has 4 rings (SSSR count). The number of carboxylic acid groups (broad SMARTS) is 1. The maximum atomic E-state index is 13.7. The van der Waals surface area contributed by atoms with Gasteiger partial charge in [-0.3, -0.25) is 0 Å². The first kappa shape index (κ1) is 24.0. The summed E-state index contributed by atoms with van der Waals surface area (Å²) >= 11 is 0. The molecule has 0 amide bonds. The van der Waals surface area contributed by atoms with E-state index in [1.54, 1.807) is 19.2 Å². The van der Waals surface area contributed by atoms with Gasteiger partial charge in [-0.25, -0.2) is 14.5 Å². The molecule has 0 saturated carbocycles. The van der Waals surface area contributed by atoms with Gasteiger partial charge in [0.05, 0.1) is 19.0 Å². The smallest absolute Gasteiger partial charge is 0.434 e. The number of hydrogen-bond acceptors (Lipinski definition) is 4. The second-order valence-corrected chi connectivity index (χ2v) is 7.95. The lowest BCUT2D eigenvalue weighted by Gasteiger charge is -2.14. The predicted octanol–water partition coefficient (Wildman–Crippen LogP) is 5.75. The van der Waals surface area contributed by atoms with Gasteiger partial charge in [0.15, 0.2) is 11.5 Å². The number of hydrogen-bond donors (Lipinski definition) is 1. The fraction of sp³-hybridized carbons (Fsp3) is 0.192. The van der Waals surface area contributed by atoms with Crippen LogP contribution >= 0.6 is 0 Å². The van der Waals surface area contributed by atoms with Gasteiger partial charge in [-0.1, -0.05) is 36.4 Å². The molecule has 0 spiro atoms. The third kappa shape index (κ3) is 5.03. The number of alkyl halides is 3. The van der Waals surface area contributed by atoms with Crippen molar-refractivity contribution in [2.24, 2.45) is 0 Å². The molecule has 4 aromatic rings. The van der Waals surface area contributed by atoms with Crippen LogP contribution in [0.25, 0.3) is 17.1 Å². The van der Waals surface area contributed by atoms with Crippen molar-refractivity contribution in [2.45, 2.75) is 25.9 Å². The Morgan fingerprint density at radius 1 is 1.03 bits per heavy atom. The number of halogens is 3. The molecule has 9 heteroatoms. The van der Waals surface area contributed by atoms with Crippen LogP contribution in [0, 0.1) is 6.92 Å². The third-order valence-electron chi connectivity index (χ3n) is 5.73. The number of pyridine rings is 1. The molecule has 0 aliphatic heterocycles. The van der Waals surface area contributed by atoms with E-state index < -0.39 is 23.4 Å². The van der Waals surface area contributed by atoms with Crippen LogP contribution in [0.1, 0.15) is 32.7 Å². The van der Waals surface area contributed by atoms with Crippen molar-refractivity contribution in [3.63, 3.8) is 0 Å². The van der Waals surface area contributed by atoms with Crippen molar-refractivity contribution in [1.29, 1.82) is 0 Å². The zero-order chi connectivity index (χ0) is 25.2. The molecular formula is C26H22F3N3O3. The van der Waals surface area contributed by atoms with Crippen LogP contribution in [-0.4, -0.2) is 33.0 Å². The molecule has 2 heterocycles. The van der Waals surface area contributed by atoms with E-state index in [2.05, 4.69) is 10.1 Å². The highest BCUT2D eigenvalue weighted by Crippen LogP contribution is 2.34. The Labute approximate surface area is 199 Å². The molecule has 0 aliphatic rings. The summed E-state index contributed by atoms with van der Waals surface area (Å²) in [5.41, 5.74) is 2.18. The maximum Gasteiger partial charge on any atom is 0.434 e. The first-order valence-electron chi connectivity index (χ1n) is 10.8. The van der Waals surface area contributed by atoms with Crippen molar-refractivity contribution >= 4 is 5.97 Å². The molecule has 0 saturated heterocycles. The van der Waals surface area contributed by atoms with E-state index in [0.29, 0.717) is 23.0 Å². The molecule has 180 valence electrons. The zero-order valence-electron chi connectivity index (χ0n) is 19.0. The molecule has 1 N–H and O–H groups in total. The van der Waals surface area contributed by atoms with Gasteiger partial charge in [-0.15, -0.1) is 0 Å². The minimum atomic E-state index is -4.92. The number of carboxylic acids is 1. The molecule has 0 aliphatic carbocycles. The van der Waals surface area contributed by atoms with Gasteiger partial charge in [0.2, 0.25) is 0 Å². The summed E-state index contributed by atoms with van der Waals surface area (Å²) in [5.74, 6) is -1.04. The molecule has 35 heavy (non-hydrogen) atoms. The molecule has 0 fully saturated rings. The number of carbonyl (C=O) groups is 1.